The third kappa shape index (κ3) is 5.00. The second-order valence-electron chi connectivity index (χ2n) is 5.30. The van der Waals surface area contributed by atoms with Crippen LogP contribution in [0.1, 0.15) is 30.6 Å². The molecule has 0 bridgehead atoms. The molecule has 0 spiro atoms. The number of non-ortho nitro benzene ring substituents is 1. The van der Waals surface area contributed by atoms with E-state index in [1.54, 1.807) is 0 Å². The molecule has 1 amide bonds. The first-order valence-electron chi connectivity index (χ1n) is 6.67. The first-order chi connectivity index (χ1) is 10.2. The van der Waals surface area contributed by atoms with E-state index in [2.05, 4.69) is 5.32 Å². The van der Waals surface area contributed by atoms with E-state index in [4.69, 9.17) is 16.7 Å². The van der Waals surface area contributed by atoms with Gasteiger partial charge in [-0.05, 0) is 18.4 Å². The normalized spacial score (nSPS) is 12.0. The molecule has 8 heteroatoms. The van der Waals surface area contributed by atoms with Crippen LogP contribution in [0.25, 0.3) is 0 Å². The Labute approximate surface area is 132 Å². The molecule has 0 saturated heterocycles. The number of rotatable bonds is 7. The molecule has 1 atom stereocenters. The zero-order valence-electron chi connectivity index (χ0n) is 12.2. The van der Waals surface area contributed by atoms with Crippen molar-refractivity contribution in [2.75, 3.05) is 6.54 Å². The van der Waals surface area contributed by atoms with Crippen molar-refractivity contribution in [3.8, 4) is 0 Å². The summed E-state index contributed by atoms with van der Waals surface area (Å²) in [6, 6.07) is 3.50. The summed E-state index contributed by atoms with van der Waals surface area (Å²) >= 11 is 5.85. The minimum Gasteiger partial charge on any atom is -0.481 e. The zero-order chi connectivity index (χ0) is 16.9. The molecule has 1 aromatic rings. The maximum absolute atomic E-state index is 12.0. The number of nitro benzene ring substituents is 1. The molecule has 7 nitrogen and oxygen atoms in total. The molecular weight excluding hydrogens is 312 g/mol. The molecule has 0 aliphatic rings. The topological polar surface area (TPSA) is 110 Å². The Bertz CT molecular complexity index is 589. The number of hydrogen-bond acceptors (Lipinski definition) is 4. The summed E-state index contributed by atoms with van der Waals surface area (Å²) in [6.45, 7) is 3.76. The standard InChI is InChI=1S/C14H17ClN2O5/c1-8(2)5-9(14(19)20)7-16-13(18)11-4-3-10(17(21)22)6-12(11)15/h3-4,6,8-9H,5,7H2,1-2H3,(H,16,18)(H,19,20). The lowest BCUT2D eigenvalue weighted by Gasteiger charge is -2.15. The predicted octanol–water partition coefficient (Wildman–Crippen LogP) is 2.72. The number of halogens is 1. The van der Waals surface area contributed by atoms with E-state index < -0.39 is 22.7 Å². The first kappa shape index (κ1) is 17.9. The Morgan fingerprint density at radius 2 is 2.05 bits per heavy atom. The minimum atomic E-state index is -0.983. The number of amides is 1. The quantitative estimate of drug-likeness (QED) is 0.590. The molecule has 0 saturated carbocycles. The van der Waals surface area contributed by atoms with Crippen LogP contribution in [0.15, 0.2) is 18.2 Å². The largest absolute Gasteiger partial charge is 0.481 e. The van der Waals surface area contributed by atoms with Gasteiger partial charge in [-0.3, -0.25) is 19.7 Å². The van der Waals surface area contributed by atoms with Gasteiger partial charge in [-0.15, -0.1) is 0 Å². The van der Waals surface area contributed by atoms with E-state index in [0.717, 1.165) is 6.07 Å². The second kappa shape index (κ2) is 7.74. The van der Waals surface area contributed by atoms with E-state index in [1.807, 2.05) is 13.8 Å². The average molecular weight is 329 g/mol. The number of hydrogen-bond donors (Lipinski definition) is 2. The molecule has 2 N–H and O–H groups in total. The fourth-order valence-electron chi connectivity index (χ4n) is 1.95. The van der Waals surface area contributed by atoms with E-state index >= 15 is 0 Å². The third-order valence-corrected chi connectivity index (χ3v) is 3.34. The minimum absolute atomic E-state index is 0.0281. The fraction of sp³-hybridized carbons (Fsp3) is 0.429. The molecule has 0 heterocycles. The number of carbonyl (C=O) groups excluding carboxylic acids is 1. The number of nitrogens with zero attached hydrogens (tertiary/aromatic N) is 1. The Balaban J connectivity index is 2.76. The smallest absolute Gasteiger partial charge is 0.308 e. The SMILES string of the molecule is CC(C)CC(CNC(=O)c1ccc([N+](=O)[O-])cc1Cl)C(=O)O. The number of carboxylic acid groups (broad SMARTS) is 1. The van der Waals surface area contributed by atoms with E-state index in [0.29, 0.717) is 6.42 Å². The van der Waals surface area contributed by atoms with Gasteiger partial charge in [0.15, 0.2) is 0 Å². The summed E-state index contributed by atoms with van der Waals surface area (Å²) in [5.74, 6) is -2.06. The van der Waals surface area contributed by atoms with Crippen molar-refractivity contribution in [2.24, 2.45) is 11.8 Å². The second-order valence-corrected chi connectivity index (χ2v) is 5.70. The van der Waals surface area contributed by atoms with Crippen molar-refractivity contribution in [1.82, 2.24) is 5.32 Å². The van der Waals surface area contributed by atoms with E-state index in [-0.39, 0.29) is 28.7 Å². The molecule has 0 aromatic heterocycles. The monoisotopic (exact) mass is 328 g/mol. The van der Waals surface area contributed by atoms with Crippen LogP contribution < -0.4 is 5.32 Å². The lowest BCUT2D eigenvalue weighted by atomic mass is 9.97. The zero-order valence-corrected chi connectivity index (χ0v) is 13.0. The molecular formula is C14H17ClN2O5. The number of carboxylic acids is 1. The van der Waals surface area contributed by atoms with Crippen LogP contribution in [0, 0.1) is 22.0 Å². The van der Waals surface area contributed by atoms with Crippen LogP contribution in [0.2, 0.25) is 5.02 Å². The highest BCUT2D eigenvalue weighted by Gasteiger charge is 2.21. The van der Waals surface area contributed by atoms with E-state index in [1.165, 1.54) is 12.1 Å². The Morgan fingerprint density at radius 1 is 1.41 bits per heavy atom. The van der Waals surface area contributed by atoms with Crippen molar-refractivity contribution in [3.05, 3.63) is 38.9 Å². The van der Waals surface area contributed by atoms with Gasteiger partial charge < -0.3 is 10.4 Å². The van der Waals surface area contributed by atoms with Crippen LogP contribution in [0.5, 0.6) is 0 Å². The molecule has 22 heavy (non-hydrogen) atoms. The van der Waals surface area contributed by atoms with Crippen molar-refractivity contribution >= 4 is 29.2 Å². The lowest BCUT2D eigenvalue weighted by Crippen LogP contribution is -2.33. The van der Waals surface area contributed by atoms with Crippen molar-refractivity contribution in [1.29, 1.82) is 0 Å². The molecule has 1 rings (SSSR count). The van der Waals surface area contributed by atoms with Crippen LogP contribution in [-0.4, -0.2) is 28.5 Å². The summed E-state index contributed by atoms with van der Waals surface area (Å²) < 4.78 is 0. The summed E-state index contributed by atoms with van der Waals surface area (Å²) in [6.07, 6.45) is 0.434. The lowest BCUT2D eigenvalue weighted by molar-refractivity contribution is -0.384. The van der Waals surface area contributed by atoms with Gasteiger partial charge in [-0.1, -0.05) is 25.4 Å². The van der Waals surface area contributed by atoms with Gasteiger partial charge in [-0.2, -0.15) is 0 Å². The van der Waals surface area contributed by atoms with Crippen LogP contribution >= 0.6 is 11.6 Å². The number of nitrogens with one attached hydrogen (secondary N) is 1. The van der Waals surface area contributed by atoms with Gasteiger partial charge in [-0.25, -0.2) is 0 Å². The molecule has 0 aliphatic carbocycles. The number of nitro groups is 1. The maximum Gasteiger partial charge on any atom is 0.308 e. The van der Waals surface area contributed by atoms with Gasteiger partial charge in [0.25, 0.3) is 11.6 Å². The van der Waals surface area contributed by atoms with Crippen LogP contribution in [0.4, 0.5) is 5.69 Å². The van der Waals surface area contributed by atoms with Crippen LogP contribution in [0.3, 0.4) is 0 Å². The Morgan fingerprint density at radius 3 is 2.50 bits per heavy atom. The predicted molar refractivity (Wildman–Crippen MR) is 81.0 cm³/mol. The van der Waals surface area contributed by atoms with Crippen LogP contribution in [-0.2, 0) is 4.79 Å². The Hall–Kier alpha value is -2.15. The molecule has 0 fully saturated rings. The van der Waals surface area contributed by atoms with Gasteiger partial charge in [0.05, 0.1) is 21.4 Å². The van der Waals surface area contributed by atoms with Crippen molar-refractivity contribution in [2.45, 2.75) is 20.3 Å². The third-order valence-electron chi connectivity index (χ3n) is 3.02. The molecule has 1 unspecified atom stereocenters. The highest BCUT2D eigenvalue weighted by atomic mass is 35.5. The van der Waals surface area contributed by atoms with Gasteiger partial charge in [0.1, 0.15) is 0 Å². The number of benzene rings is 1. The molecule has 0 aliphatic heterocycles. The fourth-order valence-corrected chi connectivity index (χ4v) is 2.21. The first-order valence-corrected chi connectivity index (χ1v) is 7.05. The number of carbonyl (C=O) groups is 2. The summed E-state index contributed by atoms with van der Waals surface area (Å²) in [5.41, 5.74) is -0.147. The van der Waals surface area contributed by atoms with Crippen molar-refractivity contribution < 1.29 is 19.6 Å². The summed E-state index contributed by atoms with van der Waals surface area (Å²) in [7, 11) is 0. The average Bonchev–Trinajstić information content (AvgIpc) is 2.42. The summed E-state index contributed by atoms with van der Waals surface area (Å²) in [4.78, 5) is 33.1. The van der Waals surface area contributed by atoms with Crippen molar-refractivity contribution in [3.63, 3.8) is 0 Å². The highest BCUT2D eigenvalue weighted by molar-refractivity contribution is 6.34. The maximum atomic E-state index is 12.0. The Kier molecular flexibility index (Phi) is 6.30. The molecule has 0 radical (unpaired) electrons. The highest BCUT2D eigenvalue weighted by Crippen LogP contribution is 2.22. The summed E-state index contributed by atoms with van der Waals surface area (Å²) in [5, 5.41) is 22.2. The van der Waals surface area contributed by atoms with Gasteiger partial charge >= 0.3 is 5.97 Å². The molecule has 1 aromatic carbocycles. The molecule has 120 valence electrons. The van der Waals surface area contributed by atoms with Gasteiger partial charge in [0.2, 0.25) is 0 Å². The van der Waals surface area contributed by atoms with Gasteiger partial charge in [0, 0.05) is 18.7 Å². The number of aliphatic carboxylic acids is 1. The van der Waals surface area contributed by atoms with E-state index in [9.17, 15) is 19.7 Å².